The number of esters is 1. The molecule has 0 aliphatic heterocycles. The molecule has 4 aromatic rings. The Balaban J connectivity index is 0.00000204. The molecule has 0 saturated heterocycles. The quantitative estimate of drug-likeness (QED) is 0.145. The maximum atomic E-state index is 12.7. The Morgan fingerprint density at radius 2 is 1.47 bits per heavy atom. The van der Waals surface area contributed by atoms with Crippen molar-refractivity contribution in [3.8, 4) is 11.3 Å². The maximum absolute atomic E-state index is 12.7. The minimum atomic E-state index is -0.341. The van der Waals surface area contributed by atoms with Gasteiger partial charge in [0, 0.05) is 22.0 Å². The molecule has 0 unspecified atom stereocenters. The molecule has 0 fully saturated rings. The average Bonchev–Trinajstić information content (AvgIpc) is 3.16. The van der Waals surface area contributed by atoms with Gasteiger partial charge in [0.05, 0.1) is 12.1 Å². The molecule has 3 aromatic carbocycles. The van der Waals surface area contributed by atoms with Gasteiger partial charge in [-0.05, 0) is 22.8 Å². The summed E-state index contributed by atoms with van der Waals surface area (Å²) in [6.45, 7) is 0.207. The summed E-state index contributed by atoms with van der Waals surface area (Å²) >= 11 is 0. The fraction of sp³-hybridized carbons (Fsp3) is 0.0800. The molecule has 0 aliphatic rings. The van der Waals surface area contributed by atoms with E-state index in [9.17, 15) is 4.79 Å². The van der Waals surface area contributed by atoms with Crippen LogP contribution in [0.3, 0.4) is 0 Å². The van der Waals surface area contributed by atoms with E-state index in [1.54, 1.807) is 24.3 Å². The van der Waals surface area contributed by atoms with Gasteiger partial charge in [0.25, 0.3) is 0 Å². The van der Waals surface area contributed by atoms with Crippen LogP contribution in [0.1, 0.15) is 22.3 Å². The van der Waals surface area contributed by atoms with Gasteiger partial charge in [-0.1, -0.05) is 66.7 Å². The van der Waals surface area contributed by atoms with Crippen molar-refractivity contribution in [2.45, 2.75) is 13.0 Å². The third-order valence-corrected chi connectivity index (χ3v) is 5.27. The van der Waals surface area contributed by atoms with Gasteiger partial charge in [-0.25, -0.2) is 0 Å². The number of H-pyrrole nitrogens is 1. The molecule has 0 aliphatic carbocycles. The number of nitrogens with one attached hydrogen (secondary N) is 3. The van der Waals surface area contributed by atoms with Gasteiger partial charge in [-0.2, -0.15) is 0 Å². The van der Waals surface area contributed by atoms with Crippen molar-refractivity contribution in [2.24, 2.45) is 11.5 Å². The molecule has 1 aromatic heterocycles. The van der Waals surface area contributed by atoms with Crippen LogP contribution in [0, 0.1) is 10.8 Å². The SMILES string of the molecule is Cl.Cl.N=C(N)c1ccc(-c2[nH]c3cc(C(=N)N)ccc3c2CC(=O)OCc2ccccc2)cc1. The van der Waals surface area contributed by atoms with Crippen LogP contribution >= 0.6 is 24.8 Å². The molecule has 34 heavy (non-hydrogen) atoms. The highest BCUT2D eigenvalue weighted by molar-refractivity contribution is 6.01. The summed E-state index contributed by atoms with van der Waals surface area (Å²) in [7, 11) is 0. The lowest BCUT2D eigenvalue weighted by atomic mass is 10.0. The first-order chi connectivity index (χ1) is 15.4. The van der Waals surface area contributed by atoms with Crippen LogP contribution in [-0.4, -0.2) is 22.6 Å². The standard InChI is InChI=1S/C25H23N5O2.2ClH/c26-24(27)17-8-6-16(7-9-17)23-20(13-22(31)32-14-15-4-2-1-3-5-15)19-11-10-18(25(28)29)12-21(19)30-23;;/h1-12,30H,13-14H2,(H3,26,27)(H3,28,29);2*1H. The van der Waals surface area contributed by atoms with Gasteiger partial charge in [0.15, 0.2) is 0 Å². The van der Waals surface area contributed by atoms with Crippen LogP contribution in [0.5, 0.6) is 0 Å². The number of nitrogen functional groups attached to an aromatic ring is 2. The molecule has 0 amide bonds. The predicted octanol–water partition coefficient (Wildman–Crippen LogP) is 4.53. The summed E-state index contributed by atoms with van der Waals surface area (Å²) in [6, 6.07) is 22.2. The number of hydrogen-bond acceptors (Lipinski definition) is 4. The van der Waals surface area contributed by atoms with Gasteiger partial charge in [0.2, 0.25) is 0 Å². The summed E-state index contributed by atoms with van der Waals surface area (Å²) in [4.78, 5) is 16.1. The summed E-state index contributed by atoms with van der Waals surface area (Å²) in [5, 5.41) is 16.2. The van der Waals surface area contributed by atoms with E-state index in [-0.39, 0.29) is 55.5 Å². The van der Waals surface area contributed by atoms with Crippen molar-refractivity contribution in [1.82, 2.24) is 4.98 Å². The number of amidine groups is 2. The smallest absolute Gasteiger partial charge is 0.310 e. The van der Waals surface area contributed by atoms with Crippen LogP contribution in [0.2, 0.25) is 0 Å². The Morgan fingerprint density at radius 3 is 2.09 bits per heavy atom. The summed E-state index contributed by atoms with van der Waals surface area (Å²) < 4.78 is 5.50. The van der Waals surface area contributed by atoms with Gasteiger partial charge >= 0.3 is 5.97 Å². The van der Waals surface area contributed by atoms with Crippen molar-refractivity contribution in [1.29, 1.82) is 10.8 Å². The zero-order valence-corrected chi connectivity index (χ0v) is 19.8. The first kappa shape index (κ1) is 26.4. The number of aromatic nitrogens is 1. The predicted molar refractivity (Wildman–Crippen MR) is 140 cm³/mol. The fourth-order valence-corrected chi connectivity index (χ4v) is 3.60. The van der Waals surface area contributed by atoms with Crippen LogP contribution < -0.4 is 11.5 Å². The van der Waals surface area contributed by atoms with E-state index in [0.29, 0.717) is 11.1 Å². The lowest BCUT2D eigenvalue weighted by Gasteiger charge is -2.08. The van der Waals surface area contributed by atoms with Crippen molar-refractivity contribution >= 4 is 53.4 Å². The maximum Gasteiger partial charge on any atom is 0.310 e. The fourth-order valence-electron chi connectivity index (χ4n) is 3.60. The summed E-state index contributed by atoms with van der Waals surface area (Å²) in [6.07, 6.45) is 0.0794. The van der Waals surface area contributed by atoms with E-state index in [0.717, 1.165) is 33.3 Å². The second kappa shape index (κ2) is 11.4. The summed E-state index contributed by atoms with van der Waals surface area (Å²) in [5.41, 5.74) is 16.5. The largest absolute Gasteiger partial charge is 0.461 e. The highest BCUT2D eigenvalue weighted by Crippen LogP contribution is 2.32. The van der Waals surface area contributed by atoms with Crippen molar-refractivity contribution in [3.05, 3.63) is 95.1 Å². The monoisotopic (exact) mass is 497 g/mol. The van der Waals surface area contributed by atoms with E-state index >= 15 is 0 Å². The van der Waals surface area contributed by atoms with E-state index in [4.69, 9.17) is 27.0 Å². The van der Waals surface area contributed by atoms with Crippen LogP contribution in [0.25, 0.3) is 22.2 Å². The highest BCUT2D eigenvalue weighted by atomic mass is 35.5. The van der Waals surface area contributed by atoms with E-state index in [1.165, 1.54) is 0 Å². The number of fused-ring (bicyclic) bond motifs is 1. The van der Waals surface area contributed by atoms with Gasteiger partial charge in [-0.15, -0.1) is 24.8 Å². The Hall–Kier alpha value is -3.81. The molecular weight excluding hydrogens is 473 g/mol. The Kier molecular flexibility index (Phi) is 8.83. The molecule has 176 valence electrons. The number of halogens is 2. The Bertz CT molecular complexity index is 1320. The minimum absolute atomic E-state index is 0. The molecular formula is C25H25Cl2N5O2. The Labute approximate surface area is 209 Å². The molecule has 9 heteroatoms. The molecule has 0 bridgehead atoms. The van der Waals surface area contributed by atoms with E-state index < -0.39 is 0 Å². The van der Waals surface area contributed by atoms with Crippen molar-refractivity contribution in [3.63, 3.8) is 0 Å². The second-order valence-corrected chi connectivity index (χ2v) is 7.47. The first-order valence-electron chi connectivity index (χ1n) is 10.1. The number of carbonyl (C=O) groups excluding carboxylic acids is 1. The number of carbonyl (C=O) groups is 1. The topological polar surface area (TPSA) is 142 Å². The van der Waals surface area contributed by atoms with Crippen molar-refractivity contribution in [2.75, 3.05) is 0 Å². The number of benzene rings is 3. The number of aromatic amines is 1. The Morgan fingerprint density at radius 1 is 0.853 bits per heavy atom. The second-order valence-electron chi connectivity index (χ2n) is 7.47. The van der Waals surface area contributed by atoms with Crippen LogP contribution in [0.15, 0.2) is 72.8 Å². The normalized spacial score (nSPS) is 10.1. The molecule has 1 heterocycles. The van der Waals surface area contributed by atoms with Crippen LogP contribution in [-0.2, 0) is 22.6 Å². The minimum Gasteiger partial charge on any atom is -0.461 e. The van der Waals surface area contributed by atoms with Crippen LogP contribution in [0.4, 0.5) is 0 Å². The number of hydrogen-bond donors (Lipinski definition) is 5. The van der Waals surface area contributed by atoms with Gasteiger partial charge < -0.3 is 21.2 Å². The van der Waals surface area contributed by atoms with E-state index in [2.05, 4.69) is 4.98 Å². The molecule has 7 nitrogen and oxygen atoms in total. The molecule has 0 radical (unpaired) electrons. The number of ether oxygens (including phenoxy) is 1. The average molecular weight is 498 g/mol. The lowest BCUT2D eigenvalue weighted by Crippen LogP contribution is -2.11. The molecule has 0 saturated carbocycles. The number of rotatable bonds is 7. The van der Waals surface area contributed by atoms with Crippen molar-refractivity contribution < 1.29 is 9.53 Å². The summed E-state index contributed by atoms with van der Waals surface area (Å²) in [5.74, 6) is -0.381. The third-order valence-electron chi connectivity index (χ3n) is 5.27. The number of nitrogens with two attached hydrogens (primary N) is 2. The molecule has 4 rings (SSSR count). The van der Waals surface area contributed by atoms with E-state index in [1.807, 2.05) is 48.5 Å². The highest BCUT2D eigenvalue weighted by Gasteiger charge is 2.18. The zero-order valence-electron chi connectivity index (χ0n) is 18.1. The van der Waals surface area contributed by atoms with Gasteiger partial charge in [0.1, 0.15) is 18.3 Å². The third kappa shape index (κ3) is 5.75. The van der Waals surface area contributed by atoms with Gasteiger partial charge in [-0.3, -0.25) is 15.6 Å². The lowest BCUT2D eigenvalue weighted by molar-refractivity contribution is -0.144. The molecule has 0 atom stereocenters. The first-order valence-corrected chi connectivity index (χ1v) is 10.1. The molecule has 7 N–H and O–H groups in total. The zero-order chi connectivity index (χ0) is 22.7. The molecule has 0 spiro atoms.